The molecule has 0 N–H and O–H groups in total. The molecule has 16 heavy (non-hydrogen) atoms. The highest BCUT2D eigenvalue weighted by Crippen LogP contribution is 2.19. The van der Waals surface area contributed by atoms with E-state index >= 15 is 0 Å². The minimum atomic E-state index is 0.731. The maximum atomic E-state index is 4.23. The molecule has 1 fully saturated rings. The van der Waals surface area contributed by atoms with Crippen molar-refractivity contribution in [3.63, 3.8) is 0 Å². The van der Waals surface area contributed by atoms with Crippen LogP contribution in [-0.4, -0.2) is 40.0 Å². The summed E-state index contributed by atoms with van der Waals surface area (Å²) in [6.07, 6.45) is 0. The van der Waals surface area contributed by atoms with Gasteiger partial charge in [0.1, 0.15) is 5.52 Å². The smallest absolute Gasteiger partial charge is 0.114 e. The molecule has 0 radical (unpaired) electrons. The molecule has 0 saturated carbocycles. The summed E-state index contributed by atoms with van der Waals surface area (Å²) >= 11 is 2.30. The summed E-state index contributed by atoms with van der Waals surface area (Å²) in [6, 6.07) is 6.29. The van der Waals surface area contributed by atoms with Crippen molar-refractivity contribution < 1.29 is 0 Å². The van der Waals surface area contributed by atoms with E-state index in [1.54, 1.807) is 0 Å². The SMILES string of the molecule is CN1CC(Cn2nnc3cc(I)ccc32)C1. The predicted molar refractivity (Wildman–Crippen MR) is 71.2 cm³/mol. The molecule has 84 valence electrons. The average molecular weight is 328 g/mol. The lowest BCUT2D eigenvalue weighted by Gasteiger charge is -2.35. The summed E-state index contributed by atoms with van der Waals surface area (Å²) in [5.74, 6) is 0.731. The van der Waals surface area contributed by atoms with E-state index in [0.717, 1.165) is 23.5 Å². The number of benzene rings is 1. The molecule has 0 atom stereocenters. The van der Waals surface area contributed by atoms with Crippen molar-refractivity contribution >= 4 is 33.6 Å². The zero-order valence-electron chi connectivity index (χ0n) is 9.10. The van der Waals surface area contributed by atoms with Crippen molar-refractivity contribution in [1.82, 2.24) is 19.9 Å². The monoisotopic (exact) mass is 328 g/mol. The highest BCUT2D eigenvalue weighted by Gasteiger charge is 2.24. The van der Waals surface area contributed by atoms with Crippen LogP contribution in [0.3, 0.4) is 0 Å². The Morgan fingerprint density at radius 1 is 1.44 bits per heavy atom. The van der Waals surface area contributed by atoms with Crippen LogP contribution in [0.4, 0.5) is 0 Å². The van der Waals surface area contributed by atoms with Crippen molar-refractivity contribution in [1.29, 1.82) is 0 Å². The van der Waals surface area contributed by atoms with Gasteiger partial charge in [0.15, 0.2) is 0 Å². The molecule has 4 nitrogen and oxygen atoms in total. The van der Waals surface area contributed by atoms with Gasteiger partial charge in [-0.05, 0) is 47.8 Å². The maximum absolute atomic E-state index is 4.23. The Labute approximate surface area is 108 Å². The molecule has 3 rings (SSSR count). The Morgan fingerprint density at radius 2 is 2.25 bits per heavy atom. The molecule has 1 aromatic carbocycles. The van der Waals surface area contributed by atoms with E-state index in [2.05, 4.69) is 63.0 Å². The van der Waals surface area contributed by atoms with Crippen LogP contribution in [0.1, 0.15) is 0 Å². The minimum Gasteiger partial charge on any atom is -0.306 e. The first-order chi connectivity index (χ1) is 7.72. The highest BCUT2D eigenvalue weighted by atomic mass is 127. The molecular formula is C11H13IN4. The summed E-state index contributed by atoms with van der Waals surface area (Å²) in [5, 5.41) is 8.43. The highest BCUT2D eigenvalue weighted by molar-refractivity contribution is 14.1. The molecule has 5 heteroatoms. The van der Waals surface area contributed by atoms with E-state index in [1.165, 1.54) is 16.7 Å². The third-order valence-electron chi connectivity index (χ3n) is 3.05. The first-order valence-corrected chi connectivity index (χ1v) is 6.47. The van der Waals surface area contributed by atoms with Crippen molar-refractivity contribution in [3.8, 4) is 0 Å². The summed E-state index contributed by atoms with van der Waals surface area (Å²) in [7, 11) is 2.15. The van der Waals surface area contributed by atoms with Gasteiger partial charge < -0.3 is 4.90 Å². The fourth-order valence-electron chi connectivity index (χ4n) is 2.27. The first kappa shape index (κ1) is 10.5. The summed E-state index contributed by atoms with van der Waals surface area (Å²) in [4.78, 5) is 2.33. The minimum absolute atomic E-state index is 0.731. The molecule has 1 aliphatic heterocycles. The number of rotatable bonds is 2. The average Bonchev–Trinajstić information content (AvgIpc) is 2.58. The second kappa shape index (κ2) is 3.96. The van der Waals surface area contributed by atoms with Crippen LogP contribution in [-0.2, 0) is 6.54 Å². The number of nitrogens with zero attached hydrogens (tertiary/aromatic N) is 4. The molecule has 1 saturated heterocycles. The molecule has 0 aliphatic carbocycles. The molecule has 1 aromatic heterocycles. The third kappa shape index (κ3) is 1.82. The lowest BCUT2D eigenvalue weighted by Crippen LogP contribution is -2.45. The van der Waals surface area contributed by atoms with Gasteiger partial charge in [-0.1, -0.05) is 5.21 Å². The molecule has 2 heterocycles. The van der Waals surface area contributed by atoms with Crippen molar-refractivity contribution in [2.45, 2.75) is 6.54 Å². The van der Waals surface area contributed by atoms with Gasteiger partial charge in [0.05, 0.1) is 5.52 Å². The number of aromatic nitrogens is 3. The van der Waals surface area contributed by atoms with Gasteiger partial charge in [-0.15, -0.1) is 5.10 Å². The Bertz CT molecular complexity index is 516. The maximum Gasteiger partial charge on any atom is 0.114 e. The summed E-state index contributed by atoms with van der Waals surface area (Å²) in [5.41, 5.74) is 2.15. The Kier molecular flexibility index (Phi) is 2.59. The Morgan fingerprint density at radius 3 is 3.00 bits per heavy atom. The predicted octanol–water partition coefficient (Wildman–Crippen LogP) is 1.60. The molecule has 0 bridgehead atoms. The van der Waals surface area contributed by atoms with Gasteiger partial charge in [0.2, 0.25) is 0 Å². The van der Waals surface area contributed by atoms with Crippen LogP contribution in [0.25, 0.3) is 11.0 Å². The zero-order valence-corrected chi connectivity index (χ0v) is 11.3. The number of halogens is 1. The largest absolute Gasteiger partial charge is 0.306 e. The van der Waals surface area contributed by atoms with Gasteiger partial charge in [0, 0.05) is 29.1 Å². The number of hydrogen-bond acceptors (Lipinski definition) is 3. The van der Waals surface area contributed by atoms with Gasteiger partial charge in [-0.2, -0.15) is 0 Å². The van der Waals surface area contributed by atoms with E-state index in [4.69, 9.17) is 0 Å². The molecular weight excluding hydrogens is 315 g/mol. The normalized spacial score (nSPS) is 17.9. The van der Waals surface area contributed by atoms with Crippen LogP contribution < -0.4 is 0 Å². The lowest BCUT2D eigenvalue weighted by atomic mass is 10.0. The van der Waals surface area contributed by atoms with Crippen LogP contribution in [0.5, 0.6) is 0 Å². The molecule has 1 aliphatic rings. The molecule has 0 spiro atoms. The lowest BCUT2D eigenvalue weighted by molar-refractivity contribution is 0.116. The summed E-state index contributed by atoms with van der Waals surface area (Å²) < 4.78 is 3.24. The van der Waals surface area contributed by atoms with E-state index in [9.17, 15) is 0 Å². The number of hydrogen-bond donors (Lipinski definition) is 0. The van der Waals surface area contributed by atoms with E-state index < -0.39 is 0 Å². The summed E-state index contributed by atoms with van der Waals surface area (Å²) in [6.45, 7) is 3.33. The molecule has 0 unspecified atom stereocenters. The Hall–Kier alpha value is -0.690. The van der Waals surface area contributed by atoms with Gasteiger partial charge in [-0.3, -0.25) is 0 Å². The topological polar surface area (TPSA) is 34.0 Å². The molecule has 2 aromatic rings. The first-order valence-electron chi connectivity index (χ1n) is 5.39. The van der Waals surface area contributed by atoms with Gasteiger partial charge >= 0.3 is 0 Å². The molecule has 0 amide bonds. The second-order valence-electron chi connectivity index (χ2n) is 4.49. The quantitative estimate of drug-likeness (QED) is 0.786. The fraction of sp³-hybridized carbons (Fsp3) is 0.455. The van der Waals surface area contributed by atoms with Crippen LogP contribution in [0, 0.1) is 9.49 Å². The number of likely N-dealkylation sites (tertiary alicyclic amines) is 1. The van der Waals surface area contributed by atoms with Gasteiger partial charge in [-0.25, -0.2) is 4.68 Å². The van der Waals surface area contributed by atoms with Crippen LogP contribution in [0.15, 0.2) is 18.2 Å². The third-order valence-corrected chi connectivity index (χ3v) is 3.72. The van der Waals surface area contributed by atoms with E-state index in [-0.39, 0.29) is 0 Å². The van der Waals surface area contributed by atoms with E-state index in [1.807, 2.05) is 4.68 Å². The van der Waals surface area contributed by atoms with Crippen LogP contribution in [0.2, 0.25) is 0 Å². The second-order valence-corrected chi connectivity index (χ2v) is 5.74. The van der Waals surface area contributed by atoms with Gasteiger partial charge in [0.25, 0.3) is 0 Å². The number of fused-ring (bicyclic) bond motifs is 1. The van der Waals surface area contributed by atoms with Crippen molar-refractivity contribution in [3.05, 3.63) is 21.8 Å². The van der Waals surface area contributed by atoms with Crippen LogP contribution >= 0.6 is 22.6 Å². The van der Waals surface area contributed by atoms with Crippen molar-refractivity contribution in [2.24, 2.45) is 5.92 Å². The van der Waals surface area contributed by atoms with E-state index in [0.29, 0.717) is 0 Å². The standard InChI is InChI=1S/C11H13IN4/c1-15-5-8(6-15)7-16-11-3-2-9(12)4-10(11)13-14-16/h2-4,8H,5-7H2,1H3. The van der Waals surface area contributed by atoms with Crippen molar-refractivity contribution in [2.75, 3.05) is 20.1 Å². The Balaban J connectivity index is 1.87. The zero-order chi connectivity index (χ0) is 11.1. The fourth-order valence-corrected chi connectivity index (χ4v) is 2.74.